The molecule has 1 unspecified atom stereocenters. The molecule has 0 aliphatic carbocycles. The fourth-order valence-corrected chi connectivity index (χ4v) is 5.67. The van der Waals surface area contributed by atoms with Crippen LogP contribution in [0, 0.1) is 0 Å². The van der Waals surface area contributed by atoms with Crippen molar-refractivity contribution in [1.29, 1.82) is 0 Å². The minimum absolute atomic E-state index is 0.0698. The normalized spacial score (nSPS) is 12.0. The highest BCUT2D eigenvalue weighted by molar-refractivity contribution is 5.71. The van der Waals surface area contributed by atoms with Crippen LogP contribution >= 0.6 is 0 Å². The zero-order valence-electron chi connectivity index (χ0n) is 31.3. The topological polar surface area (TPSA) is 78.9 Å². The van der Waals surface area contributed by atoms with Crippen molar-refractivity contribution in [3.05, 3.63) is 12.2 Å². The SMILES string of the molecule is CCCCC/C=C\CCCCCCCC(=O)OCC(COC(=O)CCCCCCCCCC)OC(=O)CCCCCCCCCCC. The number of esters is 3. The van der Waals surface area contributed by atoms with Gasteiger partial charge in [0.1, 0.15) is 13.2 Å². The Bertz CT molecular complexity index is 733. The van der Waals surface area contributed by atoms with Crippen LogP contribution in [0.15, 0.2) is 12.2 Å². The van der Waals surface area contributed by atoms with E-state index in [1.54, 1.807) is 0 Å². The van der Waals surface area contributed by atoms with Crippen LogP contribution in [0.1, 0.15) is 213 Å². The highest BCUT2D eigenvalue weighted by atomic mass is 16.6. The van der Waals surface area contributed by atoms with Gasteiger partial charge in [-0.25, -0.2) is 0 Å². The summed E-state index contributed by atoms with van der Waals surface area (Å²) in [6.45, 7) is 6.54. The summed E-state index contributed by atoms with van der Waals surface area (Å²) in [6, 6.07) is 0. The van der Waals surface area contributed by atoms with E-state index in [-0.39, 0.29) is 31.1 Å². The maximum absolute atomic E-state index is 12.6. The van der Waals surface area contributed by atoms with Crippen LogP contribution < -0.4 is 0 Å². The molecule has 276 valence electrons. The summed E-state index contributed by atoms with van der Waals surface area (Å²) in [5.74, 6) is -0.886. The van der Waals surface area contributed by atoms with Crippen LogP contribution in [0.4, 0.5) is 0 Å². The maximum Gasteiger partial charge on any atom is 0.306 e. The molecule has 0 fully saturated rings. The van der Waals surface area contributed by atoms with E-state index in [1.165, 1.54) is 109 Å². The van der Waals surface area contributed by atoms with Crippen molar-refractivity contribution < 1.29 is 28.6 Å². The van der Waals surface area contributed by atoms with Crippen LogP contribution in [0.2, 0.25) is 0 Å². The Labute approximate surface area is 290 Å². The molecule has 6 nitrogen and oxygen atoms in total. The first-order chi connectivity index (χ1) is 23.0. The van der Waals surface area contributed by atoms with Gasteiger partial charge in [0.25, 0.3) is 0 Å². The minimum Gasteiger partial charge on any atom is -0.462 e. The summed E-state index contributed by atoms with van der Waals surface area (Å²) in [7, 11) is 0. The smallest absolute Gasteiger partial charge is 0.306 e. The number of hydrogen-bond acceptors (Lipinski definition) is 6. The van der Waals surface area contributed by atoms with Crippen molar-refractivity contribution in [3.63, 3.8) is 0 Å². The lowest BCUT2D eigenvalue weighted by molar-refractivity contribution is -0.167. The summed E-state index contributed by atoms with van der Waals surface area (Å²) < 4.78 is 16.6. The molecular weight excluding hydrogens is 588 g/mol. The van der Waals surface area contributed by atoms with E-state index in [1.807, 2.05) is 0 Å². The Kier molecular flexibility index (Phi) is 35.5. The lowest BCUT2D eigenvalue weighted by atomic mass is 10.1. The molecule has 1 atom stereocenters. The second-order valence-corrected chi connectivity index (χ2v) is 13.6. The van der Waals surface area contributed by atoms with Crippen molar-refractivity contribution in [2.24, 2.45) is 0 Å². The highest BCUT2D eigenvalue weighted by Gasteiger charge is 2.19. The highest BCUT2D eigenvalue weighted by Crippen LogP contribution is 2.14. The number of unbranched alkanes of at least 4 members (excludes halogenated alkanes) is 23. The fraction of sp³-hybridized carbons (Fsp3) is 0.878. The zero-order valence-corrected chi connectivity index (χ0v) is 31.3. The zero-order chi connectivity index (χ0) is 34.5. The summed E-state index contributed by atoms with van der Waals surface area (Å²) >= 11 is 0. The third kappa shape index (κ3) is 35.3. The Morgan fingerprint density at radius 3 is 1.11 bits per heavy atom. The van der Waals surface area contributed by atoms with E-state index in [9.17, 15) is 14.4 Å². The van der Waals surface area contributed by atoms with E-state index < -0.39 is 6.10 Å². The molecule has 0 aliphatic rings. The molecule has 0 aromatic rings. The van der Waals surface area contributed by atoms with Gasteiger partial charge in [-0.2, -0.15) is 0 Å². The van der Waals surface area contributed by atoms with E-state index in [0.717, 1.165) is 64.2 Å². The lowest BCUT2D eigenvalue weighted by Gasteiger charge is -2.18. The quantitative estimate of drug-likeness (QED) is 0.0287. The fourth-order valence-electron chi connectivity index (χ4n) is 5.67. The molecule has 6 heteroatoms. The molecule has 0 spiro atoms. The van der Waals surface area contributed by atoms with Crippen molar-refractivity contribution in [3.8, 4) is 0 Å². The average molecular weight is 665 g/mol. The van der Waals surface area contributed by atoms with Gasteiger partial charge in [-0.05, 0) is 44.9 Å². The molecule has 0 radical (unpaired) electrons. The van der Waals surface area contributed by atoms with Gasteiger partial charge >= 0.3 is 17.9 Å². The van der Waals surface area contributed by atoms with Gasteiger partial charge in [-0.1, -0.05) is 161 Å². The molecule has 0 saturated heterocycles. The van der Waals surface area contributed by atoms with E-state index in [4.69, 9.17) is 14.2 Å². The third-order valence-electron chi connectivity index (χ3n) is 8.77. The van der Waals surface area contributed by atoms with Crippen molar-refractivity contribution in [1.82, 2.24) is 0 Å². The molecule has 0 saturated carbocycles. The first-order valence-electron chi connectivity index (χ1n) is 20.2. The first-order valence-corrected chi connectivity index (χ1v) is 20.2. The molecule has 0 aliphatic heterocycles. The third-order valence-corrected chi connectivity index (χ3v) is 8.77. The van der Waals surface area contributed by atoms with Crippen LogP contribution in [-0.2, 0) is 28.6 Å². The summed E-state index contributed by atoms with van der Waals surface area (Å²) in [5, 5.41) is 0. The summed E-state index contributed by atoms with van der Waals surface area (Å²) in [4.78, 5) is 37.4. The molecule has 0 rings (SSSR count). The van der Waals surface area contributed by atoms with E-state index in [2.05, 4.69) is 32.9 Å². The number of rotatable bonds is 36. The van der Waals surface area contributed by atoms with Crippen molar-refractivity contribution in [2.75, 3.05) is 13.2 Å². The lowest BCUT2D eigenvalue weighted by Crippen LogP contribution is -2.30. The van der Waals surface area contributed by atoms with Gasteiger partial charge in [0.15, 0.2) is 6.10 Å². The van der Waals surface area contributed by atoms with Gasteiger partial charge in [-0.15, -0.1) is 0 Å². The van der Waals surface area contributed by atoms with Gasteiger partial charge in [0.05, 0.1) is 0 Å². The molecule has 0 aromatic carbocycles. The van der Waals surface area contributed by atoms with E-state index >= 15 is 0 Å². The molecule has 0 bridgehead atoms. The number of allylic oxidation sites excluding steroid dienone is 2. The Balaban J connectivity index is 4.34. The molecule has 0 heterocycles. The Morgan fingerprint density at radius 1 is 0.404 bits per heavy atom. The molecule has 0 aromatic heterocycles. The van der Waals surface area contributed by atoms with Crippen LogP contribution in [0.25, 0.3) is 0 Å². The van der Waals surface area contributed by atoms with Gasteiger partial charge in [-0.3, -0.25) is 14.4 Å². The summed E-state index contributed by atoms with van der Waals surface area (Å²) in [5.41, 5.74) is 0. The molecule has 0 N–H and O–H groups in total. The second kappa shape index (κ2) is 37.0. The van der Waals surface area contributed by atoms with E-state index in [0.29, 0.717) is 19.3 Å². The number of carbonyl (C=O) groups is 3. The standard InChI is InChI=1S/C41H76O6/c1-4-7-10-13-16-19-20-21-23-25-28-31-34-40(43)46-37-38(36-45-39(42)33-30-27-24-18-15-12-9-6-3)47-41(44)35-32-29-26-22-17-14-11-8-5-2/h16,19,38H,4-15,17-18,20-37H2,1-3H3/b19-16-. The van der Waals surface area contributed by atoms with Gasteiger partial charge in [0, 0.05) is 19.3 Å². The first kappa shape index (κ1) is 45.2. The maximum atomic E-state index is 12.6. The second-order valence-electron chi connectivity index (χ2n) is 13.6. The largest absolute Gasteiger partial charge is 0.462 e. The monoisotopic (exact) mass is 665 g/mol. The van der Waals surface area contributed by atoms with Gasteiger partial charge in [0.2, 0.25) is 0 Å². The predicted octanol–water partition coefficient (Wildman–Crippen LogP) is 12.3. The molecule has 0 amide bonds. The van der Waals surface area contributed by atoms with Crippen LogP contribution in [0.3, 0.4) is 0 Å². The molecular formula is C41H76O6. The van der Waals surface area contributed by atoms with Crippen molar-refractivity contribution >= 4 is 17.9 Å². The predicted molar refractivity (Wildman–Crippen MR) is 196 cm³/mol. The number of carbonyl (C=O) groups excluding carboxylic acids is 3. The number of ether oxygens (including phenoxy) is 3. The van der Waals surface area contributed by atoms with Crippen molar-refractivity contribution in [2.45, 2.75) is 219 Å². The Morgan fingerprint density at radius 2 is 0.702 bits per heavy atom. The van der Waals surface area contributed by atoms with Gasteiger partial charge < -0.3 is 14.2 Å². The molecule has 47 heavy (non-hydrogen) atoms. The van der Waals surface area contributed by atoms with Crippen LogP contribution in [0.5, 0.6) is 0 Å². The number of hydrogen-bond donors (Lipinski definition) is 0. The Hall–Kier alpha value is -1.85. The average Bonchev–Trinajstić information content (AvgIpc) is 3.06. The minimum atomic E-state index is -0.762. The summed E-state index contributed by atoms with van der Waals surface area (Å²) in [6.07, 6.45) is 36.3. The van der Waals surface area contributed by atoms with Crippen LogP contribution in [-0.4, -0.2) is 37.2 Å².